The first-order chi connectivity index (χ1) is 14.1. The third-order valence-electron chi connectivity index (χ3n) is 5.24. The van der Waals surface area contributed by atoms with Gasteiger partial charge in [0, 0.05) is 18.2 Å². The molecule has 6 nitrogen and oxygen atoms in total. The topological polar surface area (TPSA) is 67.9 Å². The number of hydrogen-bond donors (Lipinski definition) is 1. The Hall–Kier alpha value is -3.02. The molecule has 2 amide bonds. The number of nitrogens with zero attached hydrogens (tertiary/aromatic N) is 1. The molecule has 0 atom stereocenters. The molecule has 2 aliphatic rings. The molecule has 0 spiro atoms. The van der Waals surface area contributed by atoms with Gasteiger partial charge in [0.05, 0.1) is 12.3 Å². The Kier molecular flexibility index (Phi) is 5.69. The molecule has 29 heavy (non-hydrogen) atoms. The zero-order valence-electron chi connectivity index (χ0n) is 16.6. The highest BCUT2D eigenvalue weighted by Gasteiger charge is 2.30. The fourth-order valence-corrected chi connectivity index (χ4v) is 3.39. The highest BCUT2D eigenvalue weighted by Crippen LogP contribution is 2.36. The van der Waals surface area contributed by atoms with Gasteiger partial charge in [-0.15, -0.1) is 0 Å². The van der Waals surface area contributed by atoms with Crippen LogP contribution in [-0.4, -0.2) is 31.6 Å². The molecular formula is C23H26N2O4. The molecule has 0 bridgehead atoms. The Morgan fingerprint density at radius 2 is 2.03 bits per heavy atom. The summed E-state index contributed by atoms with van der Waals surface area (Å²) in [5.41, 5.74) is 2.53. The Morgan fingerprint density at radius 1 is 1.21 bits per heavy atom. The minimum Gasteiger partial charge on any atom is -0.493 e. The van der Waals surface area contributed by atoms with E-state index in [1.54, 1.807) is 4.90 Å². The van der Waals surface area contributed by atoms with E-state index in [1.807, 2.05) is 49.4 Å². The van der Waals surface area contributed by atoms with Crippen LogP contribution in [0.15, 0.2) is 42.5 Å². The molecule has 2 aromatic rings. The molecule has 1 aliphatic carbocycles. The third kappa shape index (κ3) is 4.70. The molecule has 1 aliphatic heterocycles. The third-order valence-corrected chi connectivity index (χ3v) is 5.24. The normalized spacial score (nSPS) is 15.5. The number of fused-ring (bicyclic) bond motifs is 1. The molecule has 1 N–H and O–H groups in total. The van der Waals surface area contributed by atoms with E-state index in [0.717, 1.165) is 42.7 Å². The molecule has 0 aromatic heterocycles. The van der Waals surface area contributed by atoms with Gasteiger partial charge in [0.25, 0.3) is 5.91 Å². The van der Waals surface area contributed by atoms with Crippen molar-refractivity contribution >= 4 is 23.2 Å². The zero-order chi connectivity index (χ0) is 20.2. The van der Waals surface area contributed by atoms with E-state index < -0.39 is 0 Å². The van der Waals surface area contributed by atoms with Crippen LogP contribution >= 0.6 is 0 Å². The maximum absolute atomic E-state index is 12.4. The predicted octanol–water partition coefficient (Wildman–Crippen LogP) is 3.93. The molecule has 0 radical (unpaired) electrons. The molecule has 1 fully saturated rings. The van der Waals surface area contributed by atoms with Crippen LogP contribution < -0.4 is 19.7 Å². The van der Waals surface area contributed by atoms with Crippen LogP contribution in [0.25, 0.3) is 0 Å². The fourth-order valence-electron chi connectivity index (χ4n) is 3.39. The quantitative estimate of drug-likeness (QED) is 0.689. The largest absolute Gasteiger partial charge is 0.493 e. The second-order valence-electron chi connectivity index (χ2n) is 7.60. The van der Waals surface area contributed by atoms with E-state index in [2.05, 4.69) is 5.32 Å². The van der Waals surface area contributed by atoms with E-state index >= 15 is 0 Å². The van der Waals surface area contributed by atoms with Crippen molar-refractivity contribution in [1.82, 2.24) is 0 Å². The lowest BCUT2D eigenvalue weighted by Crippen LogP contribution is -2.39. The maximum atomic E-state index is 12.4. The number of carbonyl (C=O) groups excluding carboxylic acids is 2. The summed E-state index contributed by atoms with van der Waals surface area (Å²) in [6, 6.07) is 13.4. The summed E-state index contributed by atoms with van der Waals surface area (Å²) in [5, 5.41) is 2.94. The number of nitrogens with one attached hydrogen (secondary N) is 1. The highest BCUT2D eigenvalue weighted by atomic mass is 16.5. The number of benzene rings is 2. The van der Waals surface area contributed by atoms with Gasteiger partial charge in [-0.25, -0.2) is 0 Å². The number of anilines is 2. The molecular weight excluding hydrogens is 368 g/mol. The number of ether oxygens (including phenoxy) is 2. The molecule has 6 heteroatoms. The summed E-state index contributed by atoms with van der Waals surface area (Å²) in [5.74, 6) is 1.69. The lowest BCUT2D eigenvalue weighted by Gasteiger charge is -2.30. The predicted molar refractivity (Wildman–Crippen MR) is 112 cm³/mol. The average molecular weight is 394 g/mol. The lowest BCUT2D eigenvalue weighted by molar-refractivity contribution is -0.121. The van der Waals surface area contributed by atoms with E-state index in [-0.39, 0.29) is 24.3 Å². The summed E-state index contributed by atoms with van der Waals surface area (Å²) < 4.78 is 11.4. The van der Waals surface area contributed by atoms with Gasteiger partial charge in [-0.05, 0) is 62.4 Å². The standard InChI is InChI=1S/C23H26N2O4/c1-16-6-2-3-7-20(16)28-13-5-4-12-25-19-14-18(24-23(27)17-8-9-17)10-11-21(19)29-15-22(25)26/h2-3,6-7,10-11,14,17H,4-5,8-9,12-13,15H2,1H3,(H,24,27). The van der Waals surface area contributed by atoms with Gasteiger partial charge in [-0.3, -0.25) is 9.59 Å². The minimum atomic E-state index is -0.0667. The zero-order valence-corrected chi connectivity index (χ0v) is 16.6. The number of carbonyl (C=O) groups is 2. The van der Waals surface area contributed by atoms with Crippen molar-refractivity contribution < 1.29 is 19.1 Å². The number of rotatable bonds is 8. The first-order valence-electron chi connectivity index (χ1n) is 10.2. The minimum absolute atomic E-state index is 0.0422. The summed E-state index contributed by atoms with van der Waals surface area (Å²) in [4.78, 5) is 26.2. The van der Waals surface area contributed by atoms with E-state index in [1.165, 1.54) is 0 Å². The van der Waals surface area contributed by atoms with Gasteiger partial charge >= 0.3 is 0 Å². The second-order valence-corrected chi connectivity index (χ2v) is 7.60. The van der Waals surface area contributed by atoms with Gasteiger partial charge < -0.3 is 19.7 Å². The molecule has 152 valence electrons. The number of unbranched alkanes of at least 4 members (excludes halogenated alkanes) is 1. The van der Waals surface area contributed by atoms with E-state index in [9.17, 15) is 9.59 Å². The van der Waals surface area contributed by atoms with Crippen molar-refractivity contribution in [3.05, 3.63) is 48.0 Å². The van der Waals surface area contributed by atoms with Crippen molar-refractivity contribution in [1.29, 1.82) is 0 Å². The van der Waals surface area contributed by atoms with Crippen LogP contribution in [-0.2, 0) is 9.59 Å². The van der Waals surface area contributed by atoms with Crippen LogP contribution in [0.1, 0.15) is 31.2 Å². The smallest absolute Gasteiger partial charge is 0.265 e. The summed E-state index contributed by atoms with van der Waals surface area (Å²) in [6.07, 6.45) is 3.56. The molecule has 4 rings (SSSR count). The molecule has 1 heterocycles. The summed E-state index contributed by atoms with van der Waals surface area (Å²) in [6.45, 7) is 3.26. The first kappa shape index (κ1) is 19.3. The highest BCUT2D eigenvalue weighted by molar-refractivity contribution is 6.00. The van der Waals surface area contributed by atoms with Crippen molar-refractivity contribution in [3.63, 3.8) is 0 Å². The van der Waals surface area contributed by atoms with Crippen LogP contribution in [0.4, 0.5) is 11.4 Å². The number of hydrogen-bond acceptors (Lipinski definition) is 4. The number of para-hydroxylation sites is 1. The SMILES string of the molecule is Cc1ccccc1OCCCCN1C(=O)COc2ccc(NC(=O)C3CC3)cc21. The van der Waals surface area contributed by atoms with Crippen molar-refractivity contribution in [2.24, 2.45) is 5.92 Å². The average Bonchev–Trinajstić information content (AvgIpc) is 3.56. The summed E-state index contributed by atoms with van der Waals surface area (Å²) >= 11 is 0. The maximum Gasteiger partial charge on any atom is 0.265 e. The number of amides is 2. The first-order valence-corrected chi connectivity index (χ1v) is 10.2. The van der Waals surface area contributed by atoms with Gasteiger partial charge in [0.15, 0.2) is 6.61 Å². The molecule has 0 saturated heterocycles. The second kappa shape index (κ2) is 8.55. The van der Waals surface area contributed by atoms with Crippen LogP contribution in [0.5, 0.6) is 11.5 Å². The monoisotopic (exact) mass is 394 g/mol. The Morgan fingerprint density at radius 3 is 2.83 bits per heavy atom. The van der Waals surface area contributed by atoms with Gasteiger partial charge in [0.1, 0.15) is 11.5 Å². The van der Waals surface area contributed by atoms with Crippen molar-refractivity contribution in [3.8, 4) is 11.5 Å². The summed E-state index contributed by atoms with van der Waals surface area (Å²) in [7, 11) is 0. The molecule has 1 saturated carbocycles. The molecule has 2 aromatic carbocycles. The Balaban J connectivity index is 1.34. The fraction of sp³-hybridized carbons (Fsp3) is 0.391. The Labute approximate surface area is 170 Å². The number of aryl methyl sites for hydroxylation is 1. The molecule has 0 unspecified atom stereocenters. The van der Waals surface area contributed by atoms with Gasteiger partial charge in [0.2, 0.25) is 5.91 Å². The van der Waals surface area contributed by atoms with Crippen LogP contribution in [0.2, 0.25) is 0 Å². The van der Waals surface area contributed by atoms with Crippen LogP contribution in [0, 0.1) is 12.8 Å². The van der Waals surface area contributed by atoms with Crippen molar-refractivity contribution in [2.45, 2.75) is 32.6 Å². The van der Waals surface area contributed by atoms with Crippen molar-refractivity contribution in [2.75, 3.05) is 30.0 Å². The Bertz CT molecular complexity index is 908. The van der Waals surface area contributed by atoms with Gasteiger partial charge in [-0.1, -0.05) is 18.2 Å². The lowest BCUT2D eigenvalue weighted by atomic mass is 10.2. The van der Waals surface area contributed by atoms with Crippen LogP contribution in [0.3, 0.4) is 0 Å². The van der Waals surface area contributed by atoms with Gasteiger partial charge in [-0.2, -0.15) is 0 Å². The van der Waals surface area contributed by atoms with E-state index in [0.29, 0.717) is 24.6 Å². The van der Waals surface area contributed by atoms with E-state index in [4.69, 9.17) is 9.47 Å².